The summed E-state index contributed by atoms with van der Waals surface area (Å²) in [5.74, 6) is 0. The van der Waals surface area contributed by atoms with Gasteiger partial charge < -0.3 is 0 Å². The van der Waals surface area contributed by atoms with Crippen molar-refractivity contribution < 1.29 is 21.6 Å². The standard InChI is InChI=1S/C2H3F3.Br2O2S/c3-1-2(4)5;1-5(2,3)4/h2H,1H2;. The van der Waals surface area contributed by atoms with Crippen LogP contribution in [0, 0.1) is 0 Å². The van der Waals surface area contributed by atoms with Crippen molar-refractivity contribution in [2.75, 3.05) is 6.67 Å². The van der Waals surface area contributed by atoms with Gasteiger partial charge in [0.15, 0.2) is 6.67 Å². The van der Waals surface area contributed by atoms with E-state index < -0.39 is 19.8 Å². The van der Waals surface area contributed by atoms with Gasteiger partial charge in [0, 0.05) is 0 Å². The molecule has 0 saturated carbocycles. The average Bonchev–Trinajstić information content (AvgIpc) is 1.61. The molecule has 0 saturated heterocycles. The maximum Gasteiger partial charge on any atom is 0.268 e. The summed E-state index contributed by atoms with van der Waals surface area (Å²) in [6.07, 6.45) is -2.78. The molecule has 0 amide bonds. The van der Waals surface area contributed by atoms with E-state index in [2.05, 4.69) is 29.6 Å². The Morgan fingerprint density at radius 3 is 1.40 bits per heavy atom. The number of halogens is 5. The van der Waals surface area contributed by atoms with E-state index in [1.807, 2.05) is 0 Å². The quantitative estimate of drug-likeness (QED) is 0.696. The summed E-state index contributed by atoms with van der Waals surface area (Å²) in [4.78, 5) is 0. The molecule has 0 rings (SSSR count). The van der Waals surface area contributed by atoms with Crippen LogP contribution in [0.2, 0.25) is 0 Å². The summed E-state index contributed by atoms with van der Waals surface area (Å²) in [6.45, 7) is -4.57. The summed E-state index contributed by atoms with van der Waals surface area (Å²) in [5.41, 5.74) is 0. The molecule has 0 heterocycles. The minimum absolute atomic E-state index is 1.53. The fourth-order valence-electron chi connectivity index (χ4n) is 0. The van der Waals surface area contributed by atoms with Crippen LogP contribution in [0.25, 0.3) is 0 Å². The molecule has 2 nitrogen and oxygen atoms in total. The highest BCUT2D eigenvalue weighted by molar-refractivity contribution is 9.79. The van der Waals surface area contributed by atoms with Crippen molar-refractivity contribution in [2.24, 2.45) is 0 Å². The number of hydrogen-bond acceptors (Lipinski definition) is 2. The normalized spacial score (nSPS) is 10.6. The maximum atomic E-state index is 10.4. The van der Waals surface area contributed by atoms with Crippen molar-refractivity contribution in [3.63, 3.8) is 0 Å². The zero-order valence-electron chi connectivity index (χ0n) is 4.40. The summed E-state index contributed by atoms with van der Waals surface area (Å²) in [6, 6.07) is 0. The van der Waals surface area contributed by atoms with E-state index in [1.165, 1.54) is 0 Å². The van der Waals surface area contributed by atoms with Gasteiger partial charge in [-0.05, 0) is 0 Å². The maximum absolute atomic E-state index is 10.4. The van der Waals surface area contributed by atoms with Crippen molar-refractivity contribution in [3.8, 4) is 0 Å². The Morgan fingerprint density at radius 2 is 1.40 bits per heavy atom. The first-order chi connectivity index (χ1) is 4.27. The predicted octanol–water partition coefficient (Wildman–Crippen LogP) is 2.24. The zero-order chi connectivity index (χ0) is 8.78. The lowest BCUT2D eigenvalue weighted by Gasteiger charge is -1.78. The lowest BCUT2D eigenvalue weighted by Crippen LogP contribution is -1.88. The first-order valence-corrected chi connectivity index (χ1v) is 6.92. The molecule has 0 aromatic carbocycles. The number of hydrogen-bond donors (Lipinski definition) is 0. The molecule has 0 atom stereocenters. The molecule has 0 aliphatic rings. The largest absolute Gasteiger partial charge is 0.268 e. The molecule has 0 N–H and O–H groups in total. The van der Waals surface area contributed by atoms with Gasteiger partial charge in [0.05, 0.1) is 29.6 Å². The van der Waals surface area contributed by atoms with Gasteiger partial charge in [0.2, 0.25) is 0 Å². The van der Waals surface area contributed by atoms with Gasteiger partial charge in [-0.25, -0.2) is 21.6 Å². The van der Waals surface area contributed by atoms with E-state index in [-0.39, 0.29) is 0 Å². The Kier molecular flexibility index (Phi) is 8.53. The smallest absolute Gasteiger partial charge is 0.245 e. The van der Waals surface area contributed by atoms with E-state index in [1.54, 1.807) is 0 Å². The Bertz CT molecular complexity index is 148. The number of rotatable bonds is 1. The van der Waals surface area contributed by atoms with Crippen LogP contribution in [0.15, 0.2) is 0 Å². The molecule has 0 bridgehead atoms. The van der Waals surface area contributed by atoms with Crippen molar-refractivity contribution >= 4 is 36.3 Å². The van der Waals surface area contributed by atoms with Crippen LogP contribution in [-0.2, 0) is 6.70 Å². The van der Waals surface area contributed by atoms with E-state index in [4.69, 9.17) is 0 Å². The monoisotopic (exact) mass is 306 g/mol. The van der Waals surface area contributed by atoms with Gasteiger partial charge in [-0.15, -0.1) is 0 Å². The highest BCUT2D eigenvalue weighted by atomic mass is 79.9. The molecule has 10 heavy (non-hydrogen) atoms. The summed E-state index contributed by atoms with van der Waals surface area (Å²) in [7, 11) is 0. The SMILES string of the molecule is FCC(F)F.O=S(=O)(Br)Br. The van der Waals surface area contributed by atoms with Crippen LogP contribution in [0.3, 0.4) is 0 Å². The Morgan fingerprint density at radius 1 is 1.30 bits per heavy atom. The minimum Gasteiger partial charge on any atom is -0.245 e. The minimum atomic E-state index is -3.04. The highest BCUT2D eigenvalue weighted by Crippen LogP contribution is 2.06. The first-order valence-electron chi connectivity index (χ1n) is 1.75. The van der Waals surface area contributed by atoms with Crippen LogP contribution in [0.5, 0.6) is 0 Å². The Labute approximate surface area is 71.1 Å². The van der Waals surface area contributed by atoms with Crippen LogP contribution < -0.4 is 0 Å². The molecule has 0 spiro atoms. The van der Waals surface area contributed by atoms with Gasteiger partial charge in [0.1, 0.15) is 0 Å². The second-order valence-corrected chi connectivity index (χ2v) is 9.40. The van der Waals surface area contributed by atoms with Crippen molar-refractivity contribution in [2.45, 2.75) is 6.43 Å². The zero-order valence-corrected chi connectivity index (χ0v) is 8.39. The summed E-state index contributed by atoms with van der Waals surface area (Å²) in [5, 5.41) is 0. The van der Waals surface area contributed by atoms with Crippen LogP contribution in [0.4, 0.5) is 13.2 Å². The topological polar surface area (TPSA) is 34.1 Å². The lowest BCUT2D eigenvalue weighted by molar-refractivity contribution is 0.113. The van der Waals surface area contributed by atoms with Gasteiger partial charge in [-0.2, -0.15) is 0 Å². The molecular formula is C2H3Br2F3O2S. The van der Waals surface area contributed by atoms with Crippen LogP contribution in [-0.4, -0.2) is 21.5 Å². The van der Waals surface area contributed by atoms with Crippen LogP contribution in [0.1, 0.15) is 0 Å². The van der Waals surface area contributed by atoms with E-state index in [9.17, 15) is 21.6 Å². The third-order valence-electron chi connectivity index (χ3n) is 0.117. The molecule has 0 aromatic heterocycles. The summed E-state index contributed by atoms with van der Waals surface area (Å²) < 4.78 is 50.1. The third kappa shape index (κ3) is 70.8. The van der Waals surface area contributed by atoms with E-state index in [0.29, 0.717) is 0 Å². The Hall–Kier alpha value is 0.700. The van der Waals surface area contributed by atoms with Gasteiger partial charge >= 0.3 is 0 Å². The second kappa shape index (κ2) is 6.41. The molecule has 0 aliphatic heterocycles. The first kappa shape index (κ1) is 13.3. The van der Waals surface area contributed by atoms with Gasteiger partial charge in [-0.3, -0.25) is 0 Å². The molecule has 0 fully saturated rings. The molecule has 8 heteroatoms. The molecule has 0 aromatic rings. The van der Waals surface area contributed by atoms with Crippen LogP contribution >= 0.6 is 29.6 Å². The van der Waals surface area contributed by atoms with Crippen molar-refractivity contribution in [3.05, 3.63) is 0 Å². The Balaban J connectivity index is 0. The molecule has 64 valence electrons. The van der Waals surface area contributed by atoms with E-state index in [0.717, 1.165) is 0 Å². The lowest BCUT2D eigenvalue weighted by atomic mass is 10.8. The highest BCUT2D eigenvalue weighted by Gasteiger charge is 1.95. The fourth-order valence-corrected chi connectivity index (χ4v) is 0. The van der Waals surface area contributed by atoms with Gasteiger partial charge in [-0.1, -0.05) is 0 Å². The second-order valence-electron chi connectivity index (χ2n) is 0.924. The molecule has 0 unspecified atom stereocenters. The molecule has 0 aliphatic carbocycles. The predicted molar refractivity (Wildman–Crippen MR) is 38.8 cm³/mol. The molecule has 0 radical (unpaired) electrons. The third-order valence-corrected chi connectivity index (χ3v) is 0.117. The fraction of sp³-hybridized carbons (Fsp3) is 1.00. The van der Waals surface area contributed by atoms with Gasteiger partial charge in [0.25, 0.3) is 13.1 Å². The summed E-state index contributed by atoms with van der Waals surface area (Å²) >= 11 is 4.53. The number of alkyl halides is 3. The van der Waals surface area contributed by atoms with E-state index >= 15 is 0 Å². The molecular weight excluding hydrogens is 305 g/mol. The van der Waals surface area contributed by atoms with Crippen molar-refractivity contribution in [1.29, 1.82) is 0 Å². The van der Waals surface area contributed by atoms with Crippen molar-refractivity contribution in [1.82, 2.24) is 0 Å². The average molecular weight is 308 g/mol.